The van der Waals surface area contributed by atoms with E-state index in [2.05, 4.69) is 73.6 Å². The van der Waals surface area contributed by atoms with Crippen molar-refractivity contribution < 1.29 is 0 Å². The molecule has 0 amide bonds. The van der Waals surface area contributed by atoms with E-state index >= 15 is 0 Å². The number of nitrogens with zero attached hydrogens (tertiary/aromatic N) is 1. The third-order valence-corrected chi connectivity index (χ3v) is 4.32. The summed E-state index contributed by atoms with van der Waals surface area (Å²) in [4.78, 5) is 2.11. The highest BCUT2D eigenvalue weighted by Gasteiger charge is 2.42. The summed E-state index contributed by atoms with van der Waals surface area (Å²) in [5, 5.41) is 0. The van der Waals surface area contributed by atoms with Gasteiger partial charge in [-0.05, 0) is 41.5 Å². The van der Waals surface area contributed by atoms with Crippen molar-refractivity contribution in [3.05, 3.63) is 65.7 Å². The summed E-state index contributed by atoms with van der Waals surface area (Å²) in [5.41, 5.74) is 10.3. The molecule has 0 aromatic heterocycles. The first-order chi connectivity index (χ1) is 9.66. The molecule has 2 nitrogen and oxygen atoms in total. The van der Waals surface area contributed by atoms with E-state index in [9.17, 15) is 0 Å². The van der Waals surface area contributed by atoms with Crippen LogP contribution in [0, 0.1) is 5.92 Å². The fourth-order valence-electron chi connectivity index (χ4n) is 2.94. The van der Waals surface area contributed by atoms with Gasteiger partial charge in [-0.25, -0.2) is 0 Å². The van der Waals surface area contributed by atoms with Gasteiger partial charge in [-0.1, -0.05) is 42.5 Å². The molecule has 2 aromatic carbocycles. The van der Waals surface area contributed by atoms with Crippen LogP contribution in [0.3, 0.4) is 0 Å². The Bertz CT molecular complexity index is 560. The predicted octanol–water partition coefficient (Wildman–Crippen LogP) is 3.56. The summed E-state index contributed by atoms with van der Waals surface area (Å²) < 4.78 is 0. The van der Waals surface area contributed by atoms with Crippen molar-refractivity contribution in [3.63, 3.8) is 0 Å². The van der Waals surface area contributed by atoms with Gasteiger partial charge >= 0.3 is 0 Å². The largest absolute Gasteiger partial charge is 0.378 e. The average Bonchev–Trinajstić information content (AvgIpc) is 3.28. The molecule has 1 saturated carbocycles. The SMILES string of the molecule is CN(C)c1ccc(C(N)C2CC2c2ccccc2)cc1. The third-order valence-electron chi connectivity index (χ3n) is 4.32. The van der Waals surface area contributed by atoms with Crippen LogP contribution in [0.25, 0.3) is 0 Å². The first-order valence-corrected chi connectivity index (χ1v) is 7.24. The third kappa shape index (κ3) is 2.56. The van der Waals surface area contributed by atoms with Crippen molar-refractivity contribution in [1.82, 2.24) is 0 Å². The van der Waals surface area contributed by atoms with Gasteiger partial charge in [0.2, 0.25) is 0 Å². The lowest BCUT2D eigenvalue weighted by atomic mass is 9.99. The standard InChI is InChI=1S/C18H22N2/c1-20(2)15-10-8-14(9-11-15)18(19)17-12-16(17)13-6-4-3-5-7-13/h3-11,16-18H,12,19H2,1-2H3. The van der Waals surface area contributed by atoms with E-state index in [0.29, 0.717) is 11.8 Å². The van der Waals surface area contributed by atoms with E-state index in [1.807, 2.05) is 0 Å². The maximum absolute atomic E-state index is 6.44. The molecular formula is C18H22N2. The fourth-order valence-corrected chi connectivity index (χ4v) is 2.94. The van der Waals surface area contributed by atoms with Gasteiger partial charge in [0, 0.05) is 25.8 Å². The molecular weight excluding hydrogens is 244 g/mol. The van der Waals surface area contributed by atoms with Crippen LogP contribution in [-0.2, 0) is 0 Å². The van der Waals surface area contributed by atoms with E-state index < -0.39 is 0 Å². The van der Waals surface area contributed by atoms with Crippen LogP contribution in [0.2, 0.25) is 0 Å². The minimum Gasteiger partial charge on any atom is -0.378 e. The van der Waals surface area contributed by atoms with E-state index in [1.54, 1.807) is 0 Å². The Kier molecular flexibility index (Phi) is 3.49. The summed E-state index contributed by atoms with van der Waals surface area (Å²) in [5.74, 6) is 1.22. The van der Waals surface area contributed by atoms with E-state index in [4.69, 9.17) is 5.73 Å². The minimum absolute atomic E-state index is 0.149. The number of rotatable bonds is 4. The molecule has 3 atom stereocenters. The van der Waals surface area contributed by atoms with Crippen molar-refractivity contribution in [1.29, 1.82) is 0 Å². The van der Waals surface area contributed by atoms with Crippen molar-refractivity contribution in [2.24, 2.45) is 11.7 Å². The Labute approximate surface area is 121 Å². The molecule has 3 unspecified atom stereocenters. The van der Waals surface area contributed by atoms with Crippen LogP contribution in [0.4, 0.5) is 5.69 Å². The van der Waals surface area contributed by atoms with Crippen LogP contribution < -0.4 is 10.6 Å². The summed E-state index contributed by atoms with van der Waals surface area (Å²) in [6, 6.07) is 19.5. The molecule has 2 aromatic rings. The molecule has 0 bridgehead atoms. The van der Waals surface area contributed by atoms with Gasteiger partial charge in [0.05, 0.1) is 0 Å². The minimum atomic E-state index is 0.149. The normalized spacial score (nSPS) is 22.4. The Balaban J connectivity index is 1.70. The molecule has 0 heterocycles. The lowest BCUT2D eigenvalue weighted by molar-refractivity contribution is 0.616. The van der Waals surface area contributed by atoms with E-state index in [-0.39, 0.29) is 6.04 Å². The lowest BCUT2D eigenvalue weighted by Crippen LogP contribution is -2.14. The fraction of sp³-hybridized carbons (Fsp3) is 0.333. The van der Waals surface area contributed by atoms with Gasteiger partial charge in [0.15, 0.2) is 0 Å². The molecule has 0 radical (unpaired) electrons. The summed E-state index contributed by atoms with van der Waals surface area (Å²) in [6.07, 6.45) is 1.21. The molecule has 20 heavy (non-hydrogen) atoms. The van der Waals surface area contributed by atoms with Crippen LogP contribution in [-0.4, -0.2) is 14.1 Å². The quantitative estimate of drug-likeness (QED) is 0.917. The van der Waals surface area contributed by atoms with Gasteiger partial charge < -0.3 is 10.6 Å². The van der Waals surface area contributed by atoms with Gasteiger partial charge in [0.1, 0.15) is 0 Å². The van der Waals surface area contributed by atoms with Crippen LogP contribution in [0.5, 0.6) is 0 Å². The summed E-state index contributed by atoms with van der Waals surface area (Å²) >= 11 is 0. The highest BCUT2D eigenvalue weighted by Crippen LogP contribution is 2.53. The second-order valence-corrected chi connectivity index (χ2v) is 5.93. The maximum Gasteiger partial charge on any atom is 0.0361 e. The van der Waals surface area contributed by atoms with Crippen molar-refractivity contribution in [2.45, 2.75) is 18.4 Å². The molecule has 1 aliphatic rings. The Morgan fingerprint density at radius 1 is 1.00 bits per heavy atom. The maximum atomic E-state index is 6.44. The number of hydrogen-bond acceptors (Lipinski definition) is 2. The molecule has 1 fully saturated rings. The highest BCUT2D eigenvalue weighted by atomic mass is 15.1. The van der Waals surface area contributed by atoms with Crippen molar-refractivity contribution in [2.75, 3.05) is 19.0 Å². The second kappa shape index (κ2) is 5.29. The van der Waals surface area contributed by atoms with Crippen LogP contribution >= 0.6 is 0 Å². The zero-order valence-corrected chi connectivity index (χ0v) is 12.2. The van der Waals surface area contributed by atoms with Gasteiger partial charge in [0.25, 0.3) is 0 Å². The topological polar surface area (TPSA) is 29.3 Å². The van der Waals surface area contributed by atoms with E-state index in [0.717, 1.165) is 0 Å². The molecule has 0 spiro atoms. The first kappa shape index (κ1) is 13.2. The highest BCUT2D eigenvalue weighted by molar-refractivity contribution is 5.47. The zero-order valence-electron chi connectivity index (χ0n) is 12.2. The monoisotopic (exact) mass is 266 g/mol. The zero-order chi connectivity index (χ0) is 14.1. The van der Waals surface area contributed by atoms with E-state index in [1.165, 1.54) is 23.2 Å². The van der Waals surface area contributed by atoms with Gasteiger partial charge in [-0.15, -0.1) is 0 Å². The summed E-state index contributed by atoms with van der Waals surface area (Å²) in [7, 11) is 4.11. The number of anilines is 1. The molecule has 0 aliphatic heterocycles. The first-order valence-electron chi connectivity index (χ1n) is 7.24. The molecule has 2 heteroatoms. The predicted molar refractivity (Wildman–Crippen MR) is 85.0 cm³/mol. The number of nitrogens with two attached hydrogens (primary N) is 1. The summed E-state index contributed by atoms with van der Waals surface area (Å²) in [6.45, 7) is 0. The molecule has 1 aliphatic carbocycles. The van der Waals surface area contributed by atoms with Gasteiger partial charge in [-0.2, -0.15) is 0 Å². The average molecular weight is 266 g/mol. The van der Waals surface area contributed by atoms with Crippen LogP contribution in [0.1, 0.15) is 29.5 Å². The second-order valence-electron chi connectivity index (χ2n) is 5.93. The molecule has 2 N–H and O–H groups in total. The lowest BCUT2D eigenvalue weighted by Gasteiger charge is -2.16. The van der Waals surface area contributed by atoms with Crippen molar-refractivity contribution >= 4 is 5.69 Å². The van der Waals surface area contributed by atoms with Crippen molar-refractivity contribution in [3.8, 4) is 0 Å². The van der Waals surface area contributed by atoms with Crippen LogP contribution in [0.15, 0.2) is 54.6 Å². The number of hydrogen-bond donors (Lipinski definition) is 1. The number of benzene rings is 2. The molecule has 0 saturated heterocycles. The van der Waals surface area contributed by atoms with Gasteiger partial charge in [-0.3, -0.25) is 0 Å². The Hall–Kier alpha value is -1.80. The smallest absolute Gasteiger partial charge is 0.0361 e. The molecule has 3 rings (SSSR count). The Morgan fingerprint density at radius 3 is 2.25 bits per heavy atom. The molecule has 104 valence electrons. The Morgan fingerprint density at radius 2 is 1.65 bits per heavy atom.